The fourth-order valence-electron chi connectivity index (χ4n) is 4.26. The normalized spacial score (nSPS) is 28.1. The molecule has 2 aliphatic rings. The van der Waals surface area contributed by atoms with E-state index < -0.39 is 0 Å². The summed E-state index contributed by atoms with van der Waals surface area (Å²) in [6.45, 7) is 1.81. The van der Waals surface area contributed by atoms with Crippen molar-refractivity contribution in [3.05, 3.63) is 33.3 Å². The van der Waals surface area contributed by atoms with E-state index >= 15 is 0 Å². The summed E-state index contributed by atoms with van der Waals surface area (Å²) >= 11 is 9.97. The van der Waals surface area contributed by atoms with Crippen LogP contribution in [0.4, 0.5) is 0 Å². The minimum atomic E-state index is 0.261. The second kappa shape index (κ2) is 6.99. The van der Waals surface area contributed by atoms with E-state index in [4.69, 9.17) is 17.3 Å². The van der Waals surface area contributed by atoms with Crippen LogP contribution in [0.15, 0.2) is 22.7 Å². The smallest absolute Gasteiger partial charge is 0.0488 e. The number of fused-ring (bicyclic) bond motifs is 1. The Kier molecular flexibility index (Phi) is 5.26. The zero-order valence-electron chi connectivity index (χ0n) is 12.4. The lowest BCUT2D eigenvalue weighted by Crippen LogP contribution is -2.50. The molecule has 2 fully saturated rings. The molecule has 21 heavy (non-hydrogen) atoms. The molecule has 1 aliphatic carbocycles. The molecule has 1 aliphatic heterocycles. The van der Waals surface area contributed by atoms with Gasteiger partial charge in [0, 0.05) is 28.1 Å². The Morgan fingerprint density at radius 2 is 2.00 bits per heavy atom. The summed E-state index contributed by atoms with van der Waals surface area (Å²) in [7, 11) is 0. The molecule has 1 aromatic carbocycles. The van der Waals surface area contributed by atoms with E-state index in [0.717, 1.165) is 22.0 Å². The molecule has 0 aromatic heterocycles. The van der Waals surface area contributed by atoms with Crippen LogP contribution >= 0.6 is 27.5 Å². The highest BCUT2D eigenvalue weighted by Gasteiger charge is 2.37. The maximum Gasteiger partial charge on any atom is 0.0488 e. The van der Waals surface area contributed by atoms with E-state index in [-0.39, 0.29) is 6.04 Å². The van der Waals surface area contributed by atoms with Crippen LogP contribution in [0, 0.1) is 5.92 Å². The summed E-state index contributed by atoms with van der Waals surface area (Å²) in [6, 6.07) is 7.17. The summed E-state index contributed by atoms with van der Waals surface area (Å²) in [6.07, 6.45) is 8.19. The van der Waals surface area contributed by atoms with Crippen molar-refractivity contribution in [2.24, 2.45) is 11.7 Å². The van der Waals surface area contributed by atoms with Crippen molar-refractivity contribution in [1.29, 1.82) is 0 Å². The van der Waals surface area contributed by atoms with Crippen molar-refractivity contribution in [2.75, 3.05) is 13.1 Å². The number of nitrogens with two attached hydrogens (primary N) is 1. The Morgan fingerprint density at radius 3 is 2.76 bits per heavy atom. The summed E-state index contributed by atoms with van der Waals surface area (Å²) in [4.78, 5) is 2.66. The van der Waals surface area contributed by atoms with Crippen LogP contribution in [0.5, 0.6) is 0 Å². The highest BCUT2D eigenvalue weighted by atomic mass is 79.9. The predicted octanol–water partition coefficient (Wildman–Crippen LogP) is 4.76. The molecule has 4 heteroatoms. The number of halogens is 2. The van der Waals surface area contributed by atoms with Gasteiger partial charge in [-0.2, -0.15) is 0 Å². The van der Waals surface area contributed by atoms with Crippen molar-refractivity contribution in [2.45, 2.75) is 50.6 Å². The topological polar surface area (TPSA) is 29.3 Å². The van der Waals surface area contributed by atoms with Gasteiger partial charge in [-0.15, -0.1) is 0 Å². The van der Waals surface area contributed by atoms with Gasteiger partial charge in [0.15, 0.2) is 0 Å². The number of rotatable bonds is 3. The van der Waals surface area contributed by atoms with E-state index in [9.17, 15) is 0 Å². The highest BCUT2D eigenvalue weighted by molar-refractivity contribution is 9.10. The molecule has 116 valence electrons. The Hall–Kier alpha value is -0.0900. The van der Waals surface area contributed by atoms with Gasteiger partial charge in [0.1, 0.15) is 0 Å². The Morgan fingerprint density at radius 1 is 1.24 bits per heavy atom. The number of piperidine rings is 1. The Balaban J connectivity index is 1.87. The summed E-state index contributed by atoms with van der Waals surface area (Å²) in [5.74, 6) is 0.871. The zero-order valence-corrected chi connectivity index (χ0v) is 14.7. The molecular formula is C17H24BrClN2. The van der Waals surface area contributed by atoms with Crippen LogP contribution in [0.2, 0.25) is 5.02 Å². The number of hydrogen-bond donors (Lipinski definition) is 1. The molecule has 0 amide bonds. The maximum absolute atomic E-state index is 6.49. The number of nitrogens with zero attached hydrogens (tertiary/aromatic N) is 1. The van der Waals surface area contributed by atoms with Crippen LogP contribution < -0.4 is 5.73 Å². The highest BCUT2D eigenvalue weighted by Crippen LogP contribution is 2.40. The van der Waals surface area contributed by atoms with Crippen molar-refractivity contribution in [3.63, 3.8) is 0 Å². The average Bonchev–Trinajstić information content (AvgIpc) is 2.50. The molecular weight excluding hydrogens is 348 g/mol. The lowest BCUT2D eigenvalue weighted by Gasteiger charge is -2.47. The fourth-order valence-corrected chi connectivity index (χ4v) is 5.06. The summed E-state index contributed by atoms with van der Waals surface area (Å²) in [5, 5.41) is 0.831. The van der Waals surface area contributed by atoms with Crippen LogP contribution in [0.3, 0.4) is 0 Å². The molecule has 0 bridgehead atoms. The van der Waals surface area contributed by atoms with Crippen molar-refractivity contribution >= 4 is 27.5 Å². The van der Waals surface area contributed by atoms with E-state index in [1.165, 1.54) is 44.1 Å². The van der Waals surface area contributed by atoms with Gasteiger partial charge in [0.2, 0.25) is 0 Å². The molecule has 1 heterocycles. The first-order valence-corrected chi connectivity index (χ1v) is 9.28. The summed E-state index contributed by atoms with van der Waals surface area (Å²) < 4.78 is 1.03. The molecule has 0 spiro atoms. The van der Waals surface area contributed by atoms with Crippen molar-refractivity contribution in [1.82, 2.24) is 4.90 Å². The maximum atomic E-state index is 6.49. The third kappa shape index (κ3) is 3.31. The molecule has 1 saturated carbocycles. The van der Waals surface area contributed by atoms with Gasteiger partial charge in [0.25, 0.3) is 0 Å². The Labute approximate surface area is 141 Å². The quantitative estimate of drug-likeness (QED) is 0.830. The number of likely N-dealkylation sites (tertiary alicyclic amines) is 1. The zero-order chi connectivity index (χ0) is 14.8. The minimum Gasteiger partial charge on any atom is -0.329 e. The van der Waals surface area contributed by atoms with Crippen molar-refractivity contribution in [3.8, 4) is 0 Å². The van der Waals surface area contributed by atoms with E-state index in [2.05, 4.69) is 33.0 Å². The molecule has 3 rings (SSSR count). The van der Waals surface area contributed by atoms with E-state index in [1.807, 2.05) is 6.07 Å². The lowest BCUT2D eigenvalue weighted by molar-refractivity contribution is 0.0276. The molecule has 2 nitrogen and oxygen atoms in total. The molecule has 1 saturated heterocycles. The van der Waals surface area contributed by atoms with Gasteiger partial charge < -0.3 is 5.73 Å². The molecule has 1 aromatic rings. The second-order valence-corrected chi connectivity index (χ2v) is 7.73. The molecule has 0 radical (unpaired) electrons. The first-order chi connectivity index (χ1) is 10.2. The van der Waals surface area contributed by atoms with Gasteiger partial charge in [-0.3, -0.25) is 4.90 Å². The standard InChI is InChI=1S/C17H24BrClN2/c18-13-7-8-14(15(19)10-13)17(11-20)21-9-3-5-12-4-1-2-6-16(12)21/h7-8,10,12,16-17H,1-6,9,11,20H2/t12-,16-,17?/m1/s1. The lowest BCUT2D eigenvalue weighted by atomic mass is 9.77. The largest absolute Gasteiger partial charge is 0.329 e. The number of benzene rings is 1. The average molecular weight is 372 g/mol. The van der Waals surface area contributed by atoms with Gasteiger partial charge in [-0.25, -0.2) is 0 Å². The minimum absolute atomic E-state index is 0.261. The van der Waals surface area contributed by atoms with Gasteiger partial charge in [-0.1, -0.05) is 46.4 Å². The van der Waals surface area contributed by atoms with E-state index in [1.54, 1.807) is 0 Å². The van der Waals surface area contributed by atoms with Crippen LogP contribution in [0.1, 0.15) is 50.1 Å². The van der Waals surface area contributed by atoms with Crippen LogP contribution in [-0.4, -0.2) is 24.0 Å². The third-order valence-corrected chi connectivity index (χ3v) is 6.05. The first kappa shape index (κ1) is 15.8. The third-order valence-electron chi connectivity index (χ3n) is 5.23. The SMILES string of the molecule is NCC(c1ccc(Br)cc1Cl)N1CCC[C@H]2CCCC[C@H]21. The summed E-state index contributed by atoms with van der Waals surface area (Å²) in [5.41, 5.74) is 7.34. The van der Waals surface area contributed by atoms with E-state index in [0.29, 0.717) is 12.6 Å². The van der Waals surface area contributed by atoms with Crippen LogP contribution in [0.25, 0.3) is 0 Å². The van der Waals surface area contributed by atoms with Gasteiger partial charge >= 0.3 is 0 Å². The molecule has 3 atom stereocenters. The van der Waals surface area contributed by atoms with Gasteiger partial charge in [0.05, 0.1) is 0 Å². The first-order valence-electron chi connectivity index (χ1n) is 8.11. The van der Waals surface area contributed by atoms with Crippen LogP contribution in [-0.2, 0) is 0 Å². The monoisotopic (exact) mass is 370 g/mol. The van der Waals surface area contributed by atoms with Crippen molar-refractivity contribution < 1.29 is 0 Å². The fraction of sp³-hybridized carbons (Fsp3) is 0.647. The number of hydrogen-bond acceptors (Lipinski definition) is 2. The second-order valence-electron chi connectivity index (χ2n) is 6.41. The predicted molar refractivity (Wildman–Crippen MR) is 92.6 cm³/mol. The van der Waals surface area contributed by atoms with Gasteiger partial charge in [-0.05, 0) is 55.8 Å². The Bertz CT molecular complexity index is 492. The molecule has 2 N–H and O–H groups in total. The molecule has 1 unspecified atom stereocenters.